The van der Waals surface area contributed by atoms with Crippen LogP contribution in [-0.4, -0.2) is 45.2 Å². The highest BCUT2D eigenvalue weighted by Crippen LogP contribution is 2.23. The van der Waals surface area contributed by atoms with Crippen LogP contribution < -0.4 is 14.4 Å². The van der Waals surface area contributed by atoms with Gasteiger partial charge in [0.1, 0.15) is 18.2 Å². The summed E-state index contributed by atoms with van der Waals surface area (Å²) in [4.78, 5) is 22.2. The number of carbonyl (C=O) groups excluding carboxylic acids is 1. The van der Waals surface area contributed by atoms with Crippen molar-refractivity contribution in [3.8, 4) is 5.75 Å². The lowest BCUT2D eigenvalue weighted by molar-refractivity contribution is -0.384. The molecule has 2 rings (SSSR count). The molecule has 0 saturated carbocycles. The fourth-order valence-electron chi connectivity index (χ4n) is 2.61. The number of nitrogens with one attached hydrogen (secondary N) is 1. The Morgan fingerprint density at radius 2 is 1.93 bits per heavy atom. The first-order chi connectivity index (χ1) is 14.2. The van der Waals surface area contributed by atoms with Gasteiger partial charge in [0, 0.05) is 25.1 Å². The molecule has 0 unspecified atom stereocenters. The first-order valence-corrected chi connectivity index (χ1v) is 10.9. The van der Waals surface area contributed by atoms with Gasteiger partial charge in [0.15, 0.2) is 0 Å². The highest BCUT2D eigenvalue weighted by Gasteiger charge is 2.19. The van der Waals surface area contributed by atoms with Crippen LogP contribution in [-0.2, 0) is 14.8 Å². The smallest absolute Gasteiger partial charge is 0.271 e. The molecule has 0 atom stereocenters. The number of nitro benzene ring substituents is 1. The van der Waals surface area contributed by atoms with Crippen LogP contribution in [0.5, 0.6) is 5.75 Å². The Balaban J connectivity index is 1.80. The number of halogens is 1. The molecule has 0 heterocycles. The Morgan fingerprint density at radius 3 is 2.57 bits per heavy atom. The quantitative estimate of drug-likeness (QED) is 0.326. The van der Waals surface area contributed by atoms with E-state index >= 15 is 0 Å². The summed E-state index contributed by atoms with van der Waals surface area (Å²) in [6.07, 6.45) is 1.29. The normalized spacial score (nSPS) is 11.0. The van der Waals surface area contributed by atoms with Gasteiger partial charge in [-0.1, -0.05) is 6.07 Å². The average molecular weight is 439 g/mol. The topological polar surface area (TPSA) is 119 Å². The van der Waals surface area contributed by atoms with Crippen molar-refractivity contribution >= 4 is 27.3 Å². The number of rotatable bonds is 11. The molecule has 0 aliphatic rings. The Hall–Kier alpha value is -3.21. The van der Waals surface area contributed by atoms with Crippen molar-refractivity contribution in [3.05, 3.63) is 64.5 Å². The number of benzene rings is 2. The lowest BCUT2D eigenvalue weighted by Crippen LogP contribution is -2.33. The lowest BCUT2D eigenvalue weighted by Gasteiger charge is -2.22. The van der Waals surface area contributed by atoms with E-state index in [2.05, 4.69) is 5.32 Å². The van der Waals surface area contributed by atoms with E-state index in [1.54, 1.807) is 0 Å². The zero-order chi connectivity index (χ0) is 22.1. The molecule has 9 nitrogen and oxygen atoms in total. The largest absolute Gasteiger partial charge is 0.492 e. The van der Waals surface area contributed by atoms with Crippen molar-refractivity contribution in [2.75, 3.05) is 30.3 Å². The Kier molecular flexibility index (Phi) is 8.10. The third-order valence-corrected chi connectivity index (χ3v) is 5.19. The van der Waals surface area contributed by atoms with E-state index in [4.69, 9.17) is 4.74 Å². The van der Waals surface area contributed by atoms with Gasteiger partial charge in [0.25, 0.3) is 5.69 Å². The van der Waals surface area contributed by atoms with Crippen LogP contribution in [0.15, 0.2) is 48.5 Å². The maximum absolute atomic E-state index is 12.8. The number of non-ortho nitro benzene ring substituents is 1. The van der Waals surface area contributed by atoms with Crippen molar-refractivity contribution in [2.45, 2.75) is 12.8 Å². The van der Waals surface area contributed by atoms with E-state index in [0.717, 1.165) is 10.6 Å². The fraction of sp³-hybridized carbons (Fsp3) is 0.316. The summed E-state index contributed by atoms with van der Waals surface area (Å²) < 4.78 is 43.3. The zero-order valence-corrected chi connectivity index (χ0v) is 17.1. The number of sulfonamides is 1. The van der Waals surface area contributed by atoms with Gasteiger partial charge in [-0.05, 0) is 36.8 Å². The van der Waals surface area contributed by atoms with Gasteiger partial charge in [-0.25, -0.2) is 12.8 Å². The van der Waals surface area contributed by atoms with Crippen LogP contribution in [0, 0.1) is 15.9 Å². The van der Waals surface area contributed by atoms with E-state index in [1.165, 1.54) is 48.5 Å². The molecular formula is C19H22FN3O6S. The molecule has 0 aliphatic heterocycles. The highest BCUT2D eigenvalue weighted by molar-refractivity contribution is 7.92. The van der Waals surface area contributed by atoms with Crippen molar-refractivity contribution < 1.29 is 27.3 Å². The molecule has 2 aromatic carbocycles. The minimum absolute atomic E-state index is 0.000496. The Labute approximate surface area is 173 Å². The highest BCUT2D eigenvalue weighted by atomic mass is 32.2. The van der Waals surface area contributed by atoms with E-state index in [1.807, 2.05) is 0 Å². The van der Waals surface area contributed by atoms with Crippen LogP contribution in [0.1, 0.15) is 12.8 Å². The molecular weight excluding hydrogens is 417 g/mol. The Morgan fingerprint density at radius 1 is 1.23 bits per heavy atom. The molecule has 11 heteroatoms. The number of anilines is 1. The molecule has 0 aromatic heterocycles. The van der Waals surface area contributed by atoms with Gasteiger partial charge in [-0.15, -0.1) is 0 Å². The molecule has 2 aromatic rings. The predicted molar refractivity (Wildman–Crippen MR) is 109 cm³/mol. The van der Waals surface area contributed by atoms with E-state index in [0.29, 0.717) is 5.75 Å². The number of nitro groups is 1. The number of amides is 1. The molecule has 0 bridgehead atoms. The number of ether oxygens (including phenoxy) is 1. The number of nitrogens with zero attached hydrogens (tertiary/aromatic N) is 2. The molecule has 1 N–H and O–H groups in total. The van der Waals surface area contributed by atoms with Crippen molar-refractivity contribution in [1.29, 1.82) is 0 Å². The summed E-state index contributed by atoms with van der Waals surface area (Å²) in [5.41, 5.74) is -0.0557. The maximum Gasteiger partial charge on any atom is 0.271 e. The monoisotopic (exact) mass is 439 g/mol. The standard InChI is InChI=1S/C19H22FN3O6S/c1-30(27,28)22(16-4-2-5-17(14-16)23(25)26)12-3-6-19(24)21-11-13-29-18-9-7-15(20)8-10-18/h2,4-5,7-10,14H,3,6,11-13H2,1H3,(H,21,24). The van der Waals surface area contributed by atoms with E-state index in [9.17, 15) is 27.7 Å². The van der Waals surface area contributed by atoms with Gasteiger partial charge in [0.2, 0.25) is 15.9 Å². The van der Waals surface area contributed by atoms with E-state index in [-0.39, 0.29) is 55.6 Å². The molecule has 162 valence electrons. The van der Waals surface area contributed by atoms with Gasteiger partial charge in [-0.2, -0.15) is 0 Å². The minimum atomic E-state index is -3.68. The number of carbonyl (C=O) groups is 1. The third-order valence-electron chi connectivity index (χ3n) is 4.00. The van der Waals surface area contributed by atoms with Crippen LogP contribution in [0.2, 0.25) is 0 Å². The summed E-state index contributed by atoms with van der Waals surface area (Å²) >= 11 is 0. The minimum Gasteiger partial charge on any atom is -0.492 e. The Bertz CT molecular complexity index is 982. The molecule has 0 radical (unpaired) electrons. The van der Waals surface area contributed by atoms with Crippen LogP contribution in [0.3, 0.4) is 0 Å². The lowest BCUT2D eigenvalue weighted by atomic mass is 10.2. The molecule has 1 amide bonds. The summed E-state index contributed by atoms with van der Waals surface area (Å²) in [5, 5.41) is 13.6. The SMILES string of the molecule is CS(=O)(=O)N(CCCC(=O)NCCOc1ccc(F)cc1)c1cccc([N+](=O)[O-])c1. The molecule has 0 saturated heterocycles. The van der Waals surface area contributed by atoms with Crippen LogP contribution in [0.25, 0.3) is 0 Å². The second-order valence-electron chi connectivity index (χ2n) is 6.37. The van der Waals surface area contributed by atoms with Crippen LogP contribution in [0.4, 0.5) is 15.8 Å². The predicted octanol–water partition coefficient (Wildman–Crippen LogP) is 2.48. The van der Waals surface area contributed by atoms with Crippen molar-refractivity contribution in [2.24, 2.45) is 0 Å². The van der Waals surface area contributed by atoms with Gasteiger partial charge >= 0.3 is 0 Å². The first kappa shape index (κ1) is 23.1. The molecule has 0 fully saturated rings. The van der Waals surface area contributed by atoms with Crippen molar-refractivity contribution in [1.82, 2.24) is 5.32 Å². The molecule has 0 aliphatic carbocycles. The molecule has 30 heavy (non-hydrogen) atoms. The first-order valence-electron chi connectivity index (χ1n) is 9.04. The second kappa shape index (κ2) is 10.5. The van der Waals surface area contributed by atoms with Gasteiger partial charge in [0.05, 0.1) is 23.4 Å². The van der Waals surface area contributed by atoms with E-state index < -0.39 is 14.9 Å². The fourth-order valence-corrected chi connectivity index (χ4v) is 3.57. The summed E-state index contributed by atoms with van der Waals surface area (Å²) in [6, 6.07) is 10.8. The van der Waals surface area contributed by atoms with Crippen molar-refractivity contribution in [3.63, 3.8) is 0 Å². The van der Waals surface area contributed by atoms with Gasteiger partial charge in [-0.3, -0.25) is 19.2 Å². The maximum atomic E-state index is 12.8. The summed E-state index contributed by atoms with van der Waals surface area (Å²) in [5.74, 6) is -0.180. The average Bonchev–Trinajstić information content (AvgIpc) is 2.69. The number of hydrogen-bond donors (Lipinski definition) is 1. The molecule has 0 spiro atoms. The number of hydrogen-bond acceptors (Lipinski definition) is 6. The van der Waals surface area contributed by atoms with Crippen LogP contribution >= 0.6 is 0 Å². The third kappa shape index (κ3) is 7.32. The summed E-state index contributed by atoms with van der Waals surface area (Å²) in [7, 11) is -3.68. The second-order valence-corrected chi connectivity index (χ2v) is 8.27. The van der Waals surface area contributed by atoms with Gasteiger partial charge < -0.3 is 10.1 Å². The summed E-state index contributed by atoms with van der Waals surface area (Å²) in [6.45, 7) is 0.427. The zero-order valence-electron chi connectivity index (χ0n) is 16.3.